The summed E-state index contributed by atoms with van der Waals surface area (Å²) < 4.78 is 5.00. The van der Waals surface area contributed by atoms with E-state index in [-0.39, 0.29) is 6.09 Å². The van der Waals surface area contributed by atoms with Gasteiger partial charge >= 0.3 is 6.09 Å². The van der Waals surface area contributed by atoms with Crippen molar-refractivity contribution in [2.24, 2.45) is 0 Å². The van der Waals surface area contributed by atoms with Crippen molar-refractivity contribution >= 4 is 6.09 Å². The van der Waals surface area contributed by atoms with E-state index in [1.807, 2.05) is 11.8 Å². The quantitative estimate of drug-likeness (QED) is 0.670. The molecule has 0 aliphatic carbocycles. The first kappa shape index (κ1) is 14.3. The molecule has 0 atom stereocenters. The Morgan fingerprint density at radius 3 is 2.35 bits per heavy atom. The van der Waals surface area contributed by atoms with Crippen LogP contribution in [0.15, 0.2) is 0 Å². The maximum atomic E-state index is 11.5. The van der Waals surface area contributed by atoms with E-state index >= 15 is 0 Å². The van der Waals surface area contributed by atoms with Gasteiger partial charge in [-0.15, -0.1) is 0 Å². The van der Waals surface area contributed by atoms with E-state index in [0.717, 1.165) is 26.2 Å². The second kappa shape index (κ2) is 8.34. The SMILES string of the molecule is CCCCCCN1CCN(C(=O)OCC)CC1. The summed E-state index contributed by atoms with van der Waals surface area (Å²) >= 11 is 0. The highest BCUT2D eigenvalue weighted by molar-refractivity contribution is 5.67. The van der Waals surface area contributed by atoms with Crippen LogP contribution in [0.4, 0.5) is 4.79 Å². The third kappa shape index (κ3) is 5.39. The summed E-state index contributed by atoms with van der Waals surface area (Å²) in [6.07, 6.45) is 5.08. The lowest BCUT2D eigenvalue weighted by Gasteiger charge is -2.33. The fourth-order valence-electron chi connectivity index (χ4n) is 2.13. The topological polar surface area (TPSA) is 32.8 Å². The van der Waals surface area contributed by atoms with Gasteiger partial charge in [-0.3, -0.25) is 4.90 Å². The molecule has 1 aliphatic heterocycles. The highest BCUT2D eigenvalue weighted by Crippen LogP contribution is 2.06. The van der Waals surface area contributed by atoms with Crippen LogP contribution in [0.25, 0.3) is 0 Å². The molecule has 1 rings (SSSR count). The molecule has 0 saturated carbocycles. The fraction of sp³-hybridized carbons (Fsp3) is 0.923. The molecule has 100 valence electrons. The third-order valence-electron chi connectivity index (χ3n) is 3.23. The number of carbonyl (C=O) groups is 1. The molecule has 1 aliphatic rings. The standard InChI is InChI=1S/C13H26N2O2/c1-3-5-6-7-8-14-9-11-15(12-10-14)13(16)17-4-2/h3-12H2,1-2H3. The number of hydrogen-bond acceptors (Lipinski definition) is 3. The molecular weight excluding hydrogens is 216 g/mol. The Morgan fingerprint density at radius 2 is 1.76 bits per heavy atom. The zero-order chi connectivity index (χ0) is 12.5. The highest BCUT2D eigenvalue weighted by Gasteiger charge is 2.21. The first-order chi connectivity index (χ1) is 8.27. The van der Waals surface area contributed by atoms with Crippen molar-refractivity contribution in [3.63, 3.8) is 0 Å². The zero-order valence-electron chi connectivity index (χ0n) is 11.3. The Kier molecular flexibility index (Phi) is 7.01. The number of hydrogen-bond donors (Lipinski definition) is 0. The summed E-state index contributed by atoms with van der Waals surface area (Å²) in [5.41, 5.74) is 0. The van der Waals surface area contributed by atoms with Crippen molar-refractivity contribution in [2.45, 2.75) is 39.5 Å². The van der Waals surface area contributed by atoms with Gasteiger partial charge in [0.15, 0.2) is 0 Å². The van der Waals surface area contributed by atoms with Crippen LogP contribution in [-0.4, -0.2) is 55.2 Å². The Balaban J connectivity index is 2.11. The molecule has 0 radical (unpaired) electrons. The summed E-state index contributed by atoms with van der Waals surface area (Å²) in [5.74, 6) is 0. The molecule has 17 heavy (non-hydrogen) atoms. The molecule has 0 spiro atoms. The maximum Gasteiger partial charge on any atom is 0.409 e. The second-order valence-electron chi connectivity index (χ2n) is 4.59. The van der Waals surface area contributed by atoms with E-state index in [2.05, 4.69) is 11.8 Å². The van der Waals surface area contributed by atoms with Gasteiger partial charge in [0.05, 0.1) is 6.61 Å². The molecule has 4 heteroatoms. The Bertz CT molecular complexity index is 213. The number of rotatable bonds is 6. The summed E-state index contributed by atoms with van der Waals surface area (Å²) in [6, 6.07) is 0. The summed E-state index contributed by atoms with van der Waals surface area (Å²) in [4.78, 5) is 15.8. The molecule has 1 fully saturated rings. The molecule has 0 unspecified atom stereocenters. The van der Waals surface area contributed by atoms with Gasteiger partial charge in [0.1, 0.15) is 0 Å². The van der Waals surface area contributed by atoms with Gasteiger partial charge < -0.3 is 9.64 Å². The van der Waals surface area contributed by atoms with Crippen LogP contribution in [0.3, 0.4) is 0 Å². The monoisotopic (exact) mass is 242 g/mol. The average molecular weight is 242 g/mol. The molecular formula is C13H26N2O2. The molecule has 4 nitrogen and oxygen atoms in total. The van der Waals surface area contributed by atoms with Crippen molar-refractivity contribution in [2.75, 3.05) is 39.3 Å². The molecule has 0 aromatic carbocycles. The van der Waals surface area contributed by atoms with Crippen LogP contribution in [0, 0.1) is 0 Å². The van der Waals surface area contributed by atoms with Crippen LogP contribution in [-0.2, 0) is 4.74 Å². The lowest BCUT2D eigenvalue weighted by atomic mass is 10.2. The van der Waals surface area contributed by atoms with Crippen molar-refractivity contribution in [3.05, 3.63) is 0 Å². The molecule has 0 N–H and O–H groups in total. The minimum absolute atomic E-state index is 0.155. The van der Waals surface area contributed by atoms with Crippen molar-refractivity contribution in [3.8, 4) is 0 Å². The van der Waals surface area contributed by atoms with Gasteiger partial charge in [-0.25, -0.2) is 4.79 Å². The molecule has 0 bridgehead atoms. The Morgan fingerprint density at radius 1 is 1.06 bits per heavy atom. The zero-order valence-corrected chi connectivity index (χ0v) is 11.3. The van der Waals surface area contributed by atoms with E-state index < -0.39 is 0 Å². The Hall–Kier alpha value is -0.770. The number of ether oxygens (including phenoxy) is 1. The number of nitrogens with zero attached hydrogens (tertiary/aromatic N) is 2. The highest BCUT2D eigenvalue weighted by atomic mass is 16.6. The van der Waals surface area contributed by atoms with Crippen LogP contribution in [0.5, 0.6) is 0 Å². The third-order valence-corrected chi connectivity index (χ3v) is 3.23. The first-order valence-corrected chi connectivity index (χ1v) is 6.92. The minimum atomic E-state index is -0.155. The molecule has 1 amide bonds. The molecule has 0 aromatic heterocycles. The summed E-state index contributed by atoms with van der Waals surface area (Å²) in [6.45, 7) is 9.34. The minimum Gasteiger partial charge on any atom is -0.450 e. The average Bonchev–Trinajstić information content (AvgIpc) is 2.36. The van der Waals surface area contributed by atoms with Crippen molar-refractivity contribution < 1.29 is 9.53 Å². The van der Waals surface area contributed by atoms with Crippen molar-refractivity contribution in [1.29, 1.82) is 0 Å². The van der Waals surface area contributed by atoms with Gasteiger partial charge in [-0.2, -0.15) is 0 Å². The van der Waals surface area contributed by atoms with E-state index in [1.165, 1.54) is 32.2 Å². The van der Waals surface area contributed by atoms with Crippen LogP contribution >= 0.6 is 0 Å². The summed E-state index contributed by atoms with van der Waals surface area (Å²) in [5, 5.41) is 0. The predicted molar refractivity (Wildman–Crippen MR) is 69.2 cm³/mol. The maximum absolute atomic E-state index is 11.5. The van der Waals surface area contributed by atoms with Gasteiger partial charge in [-0.05, 0) is 19.9 Å². The van der Waals surface area contributed by atoms with E-state index in [0.29, 0.717) is 6.61 Å². The largest absolute Gasteiger partial charge is 0.450 e. The first-order valence-electron chi connectivity index (χ1n) is 6.92. The lowest BCUT2D eigenvalue weighted by Crippen LogP contribution is -2.49. The molecule has 0 aromatic rings. The van der Waals surface area contributed by atoms with E-state index in [1.54, 1.807) is 0 Å². The molecule has 1 saturated heterocycles. The Labute approximate surface area is 105 Å². The van der Waals surface area contributed by atoms with E-state index in [9.17, 15) is 4.79 Å². The van der Waals surface area contributed by atoms with Crippen molar-refractivity contribution in [1.82, 2.24) is 9.80 Å². The number of amides is 1. The van der Waals surface area contributed by atoms with Crippen LogP contribution < -0.4 is 0 Å². The molecule has 1 heterocycles. The van der Waals surface area contributed by atoms with Gasteiger partial charge in [0, 0.05) is 26.2 Å². The fourth-order valence-corrected chi connectivity index (χ4v) is 2.13. The van der Waals surface area contributed by atoms with Gasteiger partial charge in [0.25, 0.3) is 0 Å². The predicted octanol–water partition coefficient (Wildman–Crippen LogP) is 2.34. The second-order valence-corrected chi connectivity index (χ2v) is 4.59. The lowest BCUT2D eigenvalue weighted by molar-refractivity contribution is 0.0792. The van der Waals surface area contributed by atoms with Gasteiger partial charge in [-0.1, -0.05) is 26.2 Å². The van der Waals surface area contributed by atoms with Crippen LogP contribution in [0.2, 0.25) is 0 Å². The smallest absolute Gasteiger partial charge is 0.409 e. The normalized spacial score (nSPS) is 17.2. The summed E-state index contributed by atoms with van der Waals surface area (Å²) in [7, 11) is 0. The van der Waals surface area contributed by atoms with Gasteiger partial charge in [0.2, 0.25) is 0 Å². The number of unbranched alkanes of at least 4 members (excludes halogenated alkanes) is 3. The van der Waals surface area contributed by atoms with E-state index in [4.69, 9.17) is 4.74 Å². The number of carbonyl (C=O) groups excluding carboxylic acids is 1. The van der Waals surface area contributed by atoms with Crippen LogP contribution in [0.1, 0.15) is 39.5 Å². The number of piperazine rings is 1.